The van der Waals surface area contributed by atoms with E-state index in [1.54, 1.807) is 0 Å². The number of hydrazine groups is 1. The summed E-state index contributed by atoms with van der Waals surface area (Å²) in [7, 11) is 0. The molecule has 1 aliphatic heterocycles. The van der Waals surface area contributed by atoms with E-state index in [2.05, 4.69) is 23.9 Å². The van der Waals surface area contributed by atoms with Gasteiger partial charge in [-0.25, -0.2) is 10.0 Å². The first-order valence-electron chi connectivity index (χ1n) is 13.4. The van der Waals surface area contributed by atoms with Crippen molar-refractivity contribution in [2.24, 2.45) is 0 Å². The molecule has 1 aliphatic carbocycles. The zero-order chi connectivity index (χ0) is 19.9. The molecule has 0 aromatic carbocycles. The van der Waals surface area contributed by atoms with Gasteiger partial charge in [0.05, 0.1) is 0 Å². The SMILES string of the molecule is CCCCCCC1CCCCCN(C2CCCCCCC2)N1CCCCCC. The highest BCUT2D eigenvalue weighted by atomic mass is 15.6. The molecule has 1 saturated carbocycles. The quantitative estimate of drug-likeness (QED) is 0.328. The van der Waals surface area contributed by atoms with Crippen molar-refractivity contribution in [1.29, 1.82) is 0 Å². The smallest absolute Gasteiger partial charge is 0.0246 e. The van der Waals surface area contributed by atoms with Crippen LogP contribution in [0.2, 0.25) is 0 Å². The van der Waals surface area contributed by atoms with Crippen LogP contribution in [0.1, 0.15) is 142 Å². The second-order valence-electron chi connectivity index (χ2n) is 9.74. The second kappa shape index (κ2) is 15.7. The molecule has 1 unspecified atom stereocenters. The Kier molecular flexibility index (Phi) is 13.6. The average Bonchev–Trinajstić information content (AvgIpc) is 2.66. The van der Waals surface area contributed by atoms with Gasteiger partial charge in [-0.15, -0.1) is 0 Å². The van der Waals surface area contributed by atoms with Crippen LogP contribution in [0.5, 0.6) is 0 Å². The molecule has 0 N–H and O–H groups in total. The summed E-state index contributed by atoms with van der Waals surface area (Å²) in [5.41, 5.74) is 0. The van der Waals surface area contributed by atoms with Gasteiger partial charge >= 0.3 is 0 Å². The van der Waals surface area contributed by atoms with Crippen LogP contribution < -0.4 is 0 Å². The van der Waals surface area contributed by atoms with Gasteiger partial charge in [-0.2, -0.15) is 0 Å². The molecule has 0 aromatic rings. The number of hydrogen-bond donors (Lipinski definition) is 0. The van der Waals surface area contributed by atoms with E-state index in [1.807, 2.05) is 0 Å². The highest BCUT2D eigenvalue weighted by molar-refractivity contribution is 4.80. The van der Waals surface area contributed by atoms with Gasteiger partial charge in [0, 0.05) is 25.2 Å². The third-order valence-electron chi connectivity index (χ3n) is 7.30. The third-order valence-corrected chi connectivity index (χ3v) is 7.30. The molecule has 2 nitrogen and oxygen atoms in total. The number of unbranched alkanes of at least 4 members (excludes halogenated alkanes) is 6. The molecule has 2 fully saturated rings. The number of nitrogens with zero attached hydrogens (tertiary/aromatic N) is 2. The van der Waals surface area contributed by atoms with E-state index in [1.165, 1.54) is 142 Å². The van der Waals surface area contributed by atoms with Crippen molar-refractivity contribution in [1.82, 2.24) is 10.0 Å². The predicted molar refractivity (Wildman–Crippen MR) is 125 cm³/mol. The molecule has 1 saturated heterocycles. The lowest BCUT2D eigenvalue weighted by Crippen LogP contribution is -2.55. The fraction of sp³-hybridized carbons (Fsp3) is 1.00. The van der Waals surface area contributed by atoms with Gasteiger partial charge in [0.15, 0.2) is 0 Å². The zero-order valence-electron chi connectivity index (χ0n) is 19.6. The van der Waals surface area contributed by atoms with Gasteiger partial charge in [-0.1, -0.05) is 104 Å². The highest BCUT2D eigenvalue weighted by Gasteiger charge is 2.30. The molecule has 1 atom stereocenters. The Morgan fingerprint density at radius 2 is 1.21 bits per heavy atom. The summed E-state index contributed by atoms with van der Waals surface area (Å²) in [5, 5.41) is 5.90. The van der Waals surface area contributed by atoms with Gasteiger partial charge < -0.3 is 0 Å². The zero-order valence-corrected chi connectivity index (χ0v) is 19.6. The molecule has 0 aromatic heterocycles. The molecule has 2 rings (SSSR count). The van der Waals surface area contributed by atoms with Crippen molar-refractivity contribution in [3.05, 3.63) is 0 Å². The van der Waals surface area contributed by atoms with Crippen LogP contribution in [0.25, 0.3) is 0 Å². The fourth-order valence-corrected chi connectivity index (χ4v) is 5.55. The second-order valence-corrected chi connectivity index (χ2v) is 9.74. The summed E-state index contributed by atoms with van der Waals surface area (Å²) in [6.07, 6.45) is 28.8. The van der Waals surface area contributed by atoms with Crippen molar-refractivity contribution >= 4 is 0 Å². The standard InChI is InChI=1S/C26H52N2/c1-3-5-7-13-19-25-22-16-12-18-24-28(27(25)23-17-8-6-4-2)26-20-14-10-9-11-15-21-26/h25-26H,3-24H2,1-2H3. The Hall–Kier alpha value is -0.0800. The topological polar surface area (TPSA) is 6.48 Å². The largest absolute Gasteiger partial charge is 0.238 e. The summed E-state index contributed by atoms with van der Waals surface area (Å²) in [4.78, 5) is 0. The summed E-state index contributed by atoms with van der Waals surface area (Å²) < 4.78 is 0. The van der Waals surface area contributed by atoms with E-state index in [9.17, 15) is 0 Å². The van der Waals surface area contributed by atoms with Gasteiger partial charge in [0.25, 0.3) is 0 Å². The monoisotopic (exact) mass is 392 g/mol. The van der Waals surface area contributed by atoms with Crippen LogP contribution in [0.3, 0.4) is 0 Å². The Morgan fingerprint density at radius 1 is 0.607 bits per heavy atom. The van der Waals surface area contributed by atoms with Crippen molar-refractivity contribution in [3.63, 3.8) is 0 Å². The van der Waals surface area contributed by atoms with Gasteiger partial charge in [-0.3, -0.25) is 0 Å². The lowest BCUT2D eigenvalue weighted by Gasteiger charge is -2.47. The maximum Gasteiger partial charge on any atom is 0.0246 e. The molecule has 0 spiro atoms. The molecular weight excluding hydrogens is 340 g/mol. The molecule has 2 heteroatoms. The van der Waals surface area contributed by atoms with Gasteiger partial charge in [-0.05, 0) is 38.5 Å². The molecule has 2 aliphatic rings. The first-order chi connectivity index (χ1) is 13.9. The maximum atomic E-state index is 2.95. The van der Waals surface area contributed by atoms with E-state index >= 15 is 0 Å². The Balaban J connectivity index is 2.04. The predicted octanol–water partition coefficient (Wildman–Crippen LogP) is 8.11. The maximum absolute atomic E-state index is 2.95. The Bertz CT molecular complexity index is 348. The summed E-state index contributed by atoms with van der Waals surface area (Å²) in [6, 6.07) is 1.66. The summed E-state index contributed by atoms with van der Waals surface area (Å²) in [6.45, 7) is 7.35. The van der Waals surface area contributed by atoms with Gasteiger partial charge in [0.1, 0.15) is 0 Å². The molecule has 0 radical (unpaired) electrons. The Labute approximate surface area is 177 Å². The third kappa shape index (κ3) is 9.16. The highest BCUT2D eigenvalue weighted by Crippen LogP contribution is 2.29. The van der Waals surface area contributed by atoms with E-state index in [-0.39, 0.29) is 0 Å². The summed E-state index contributed by atoms with van der Waals surface area (Å²) >= 11 is 0. The Morgan fingerprint density at radius 3 is 1.93 bits per heavy atom. The molecular formula is C26H52N2. The average molecular weight is 393 g/mol. The van der Waals surface area contributed by atoms with Crippen LogP contribution >= 0.6 is 0 Å². The van der Waals surface area contributed by atoms with E-state index in [0.717, 1.165) is 12.1 Å². The first-order valence-corrected chi connectivity index (χ1v) is 13.4. The minimum atomic E-state index is 0.823. The molecule has 1 heterocycles. The van der Waals surface area contributed by atoms with Crippen LogP contribution in [0, 0.1) is 0 Å². The minimum absolute atomic E-state index is 0.823. The van der Waals surface area contributed by atoms with Crippen molar-refractivity contribution in [2.45, 2.75) is 154 Å². The molecule has 0 bridgehead atoms. The molecule has 28 heavy (non-hydrogen) atoms. The first kappa shape index (κ1) is 24.2. The van der Waals surface area contributed by atoms with Gasteiger partial charge in [0.2, 0.25) is 0 Å². The normalized spacial score (nSPS) is 24.4. The summed E-state index contributed by atoms with van der Waals surface area (Å²) in [5.74, 6) is 0. The molecule has 166 valence electrons. The van der Waals surface area contributed by atoms with Crippen molar-refractivity contribution in [2.75, 3.05) is 13.1 Å². The van der Waals surface area contributed by atoms with Crippen LogP contribution in [-0.4, -0.2) is 35.2 Å². The lowest BCUT2D eigenvalue weighted by molar-refractivity contribution is -0.109. The van der Waals surface area contributed by atoms with E-state index < -0.39 is 0 Å². The minimum Gasteiger partial charge on any atom is -0.238 e. The molecule has 0 amide bonds. The van der Waals surface area contributed by atoms with Crippen molar-refractivity contribution in [3.8, 4) is 0 Å². The van der Waals surface area contributed by atoms with E-state index in [0.29, 0.717) is 0 Å². The van der Waals surface area contributed by atoms with Crippen LogP contribution in [0.4, 0.5) is 0 Å². The van der Waals surface area contributed by atoms with E-state index in [4.69, 9.17) is 0 Å². The lowest BCUT2D eigenvalue weighted by atomic mass is 9.94. The van der Waals surface area contributed by atoms with Crippen LogP contribution in [0.15, 0.2) is 0 Å². The number of rotatable bonds is 11. The van der Waals surface area contributed by atoms with Crippen molar-refractivity contribution < 1.29 is 0 Å². The number of hydrogen-bond acceptors (Lipinski definition) is 2. The van der Waals surface area contributed by atoms with Crippen LogP contribution in [-0.2, 0) is 0 Å². The fourth-order valence-electron chi connectivity index (χ4n) is 5.55.